The number of benzene rings is 2. The molecule has 10 heteroatoms. The summed E-state index contributed by atoms with van der Waals surface area (Å²) in [5, 5.41) is 2.71. The highest BCUT2D eigenvalue weighted by atomic mass is 35.5. The van der Waals surface area contributed by atoms with Gasteiger partial charge >= 0.3 is 5.76 Å². The fraction of sp³-hybridized carbons (Fsp3) is 0.125. The zero-order chi connectivity index (χ0) is 19.1. The second kappa shape index (κ2) is 6.60. The fourth-order valence-corrected chi connectivity index (χ4v) is 3.40. The minimum atomic E-state index is -3.71. The average molecular weight is 396 g/mol. The second-order valence-corrected chi connectivity index (χ2v) is 8.17. The smallest absolute Gasteiger partial charge is 0.408 e. The van der Waals surface area contributed by atoms with Gasteiger partial charge in [0.25, 0.3) is 5.91 Å². The van der Waals surface area contributed by atoms with Gasteiger partial charge in [-0.2, -0.15) is 0 Å². The van der Waals surface area contributed by atoms with Gasteiger partial charge in [-0.05, 0) is 30.3 Å². The van der Waals surface area contributed by atoms with Crippen molar-refractivity contribution in [2.45, 2.75) is 4.90 Å². The molecule has 1 amide bonds. The second-order valence-electron chi connectivity index (χ2n) is 5.61. The van der Waals surface area contributed by atoms with Gasteiger partial charge in [0.15, 0.2) is 5.58 Å². The van der Waals surface area contributed by atoms with Crippen molar-refractivity contribution in [2.24, 2.45) is 0 Å². The van der Waals surface area contributed by atoms with Crippen LogP contribution in [0.25, 0.3) is 11.1 Å². The first-order valence-corrected chi connectivity index (χ1v) is 9.16. The summed E-state index contributed by atoms with van der Waals surface area (Å²) in [7, 11) is -0.923. The molecule has 0 bridgehead atoms. The number of amides is 1. The molecule has 1 aromatic heterocycles. The Balaban J connectivity index is 1.94. The first kappa shape index (κ1) is 18.2. The number of hydrogen-bond acceptors (Lipinski definition) is 5. The average Bonchev–Trinajstić information content (AvgIpc) is 2.94. The van der Waals surface area contributed by atoms with Crippen LogP contribution in [0.4, 0.5) is 5.69 Å². The van der Waals surface area contributed by atoms with Gasteiger partial charge in [0, 0.05) is 25.8 Å². The van der Waals surface area contributed by atoms with Crippen molar-refractivity contribution in [3.8, 4) is 0 Å². The highest BCUT2D eigenvalue weighted by Gasteiger charge is 2.21. The number of sulfonamides is 1. The van der Waals surface area contributed by atoms with Crippen LogP contribution in [0.15, 0.2) is 50.5 Å². The summed E-state index contributed by atoms with van der Waals surface area (Å²) in [5.41, 5.74) is 1.14. The molecule has 0 spiro atoms. The third kappa shape index (κ3) is 3.36. The molecular weight excluding hydrogens is 382 g/mol. The molecule has 0 fully saturated rings. The lowest BCUT2D eigenvalue weighted by Gasteiger charge is -2.13. The number of hydrogen-bond donors (Lipinski definition) is 2. The quantitative estimate of drug-likeness (QED) is 0.703. The maximum atomic E-state index is 12.5. The maximum Gasteiger partial charge on any atom is 0.417 e. The summed E-state index contributed by atoms with van der Waals surface area (Å²) in [6, 6.07) is 8.50. The minimum absolute atomic E-state index is 0.00482. The van der Waals surface area contributed by atoms with Crippen LogP contribution in [0.2, 0.25) is 5.02 Å². The van der Waals surface area contributed by atoms with Crippen LogP contribution in [0.1, 0.15) is 10.4 Å². The predicted octanol–water partition coefficient (Wildman–Crippen LogP) is 2.28. The number of oxazole rings is 1. The Morgan fingerprint density at radius 3 is 2.62 bits per heavy atom. The van der Waals surface area contributed by atoms with Crippen molar-refractivity contribution in [1.82, 2.24) is 9.29 Å². The molecule has 3 aromatic rings. The van der Waals surface area contributed by atoms with Gasteiger partial charge in [-0.25, -0.2) is 17.5 Å². The first-order valence-electron chi connectivity index (χ1n) is 7.35. The molecule has 2 aromatic carbocycles. The van der Waals surface area contributed by atoms with Gasteiger partial charge in [-0.1, -0.05) is 11.6 Å². The van der Waals surface area contributed by atoms with Crippen LogP contribution in [-0.2, 0) is 10.0 Å². The van der Waals surface area contributed by atoms with Gasteiger partial charge in [0.2, 0.25) is 10.0 Å². The Kier molecular flexibility index (Phi) is 4.61. The first-order chi connectivity index (χ1) is 12.2. The van der Waals surface area contributed by atoms with Gasteiger partial charge in [-0.15, -0.1) is 0 Å². The van der Waals surface area contributed by atoms with Crippen molar-refractivity contribution in [1.29, 1.82) is 0 Å². The number of aromatic nitrogens is 1. The number of nitrogens with one attached hydrogen (secondary N) is 2. The van der Waals surface area contributed by atoms with Crippen LogP contribution >= 0.6 is 11.6 Å². The van der Waals surface area contributed by atoms with Crippen LogP contribution in [0.3, 0.4) is 0 Å². The number of fused-ring (bicyclic) bond motifs is 1. The summed E-state index contributed by atoms with van der Waals surface area (Å²) in [5.74, 6) is -1.20. The van der Waals surface area contributed by atoms with Crippen LogP contribution in [-0.4, -0.2) is 37.7 Å². The predicted molar refractivity (Wildman–Crippen MR) is 97.1 cm³/mol. The summed E-state index contributed by atoms with van der Waals surface area (Å²) in [6.07, 6.45) is 0. The molecule has 0 saturated heterocycles. The Morgan fingerprint density at radius 2 is 1.92 bits per heavy atom. The number of rotatable bonds is 4. The highest BCUT2D eigenvalue weighted by Crippen LogP contribution is 2.24. The van der Waals surface area contributed by atoms with E-state index in [2.05, 4.69) is 10.3 Å². The van der Waals surface area contributed by atoms with Crippen LogP contribution in [0.5, 0.6) is 0 Å². The number of carbonyl (C=O) groups excluding carboxylic acids is 1. The molecule has 26 heavy (non-hydrogen) atoms. The van der Waals surface area contributed by atoms with E-state index in [0.717, 1.165) is 4.31 Å². The molecule has 3 rings (SSSR count). The Hall–Kier alpha value is -2.62. The summed E-state index contributed by atoms with van der Waals surface area (Å²) in [4.78, 5) is 26.1. The van der Waals surface area contributed by atoms with Gasteiger partial charge in [-0.3, -0.25) is 9.78 Å². The van der Waals surface area contributed by atoms with Gasteiger partial charge in [0.05, 0.1) is 21.0 Å². The largest absolute Gasteiger partial charge is 0.417 e. The molecule has 1 heterocycles. The number of halogens is 1. The lowest BCUT2D eigenvalue weighted by Crippen LogP contribution is -2.23. The number of aromatic amines is 1. The van der Waals surface area contributed by atoms with Gasteiger partial charge < -0.3 is 9.73 Å². The van der Waals surface area contributed by atoms with E-state index >= 15 is 0 Å². The number of carbonyl (C=O) groups is 1. The van der Waals surface area contributed by atoms with Gasteiger partial charge in [0.1, 0.15) is 0 Å². The van der Waals surface area contributed by atoms with E-state index in [4.69, 9.17) is 16.0 Å². The standard InChI is InChI=1S/C16H14ClN3O5S/c1-20(2)26(23,24)10-4-5-12(17)11(8-10)15(21)18-9-3-6-13-14(7-9)25-16(22)19-13/h3-8H,1-2H3,(H,18,21)(H,19,22). The lowest BCUT2D eigenvalue weighted by molar-refractivity contribution is 0.102. The van der Waals surface area contributed by atoms with E-state index in [1.165, 1.54) is 38.4 Å². The molecule has 0 aliphatic carbocycles. The van der Waals surface area contributed by atoms with E-state index < -0.39 is 21.7 Å². The Labute approximate surface area is 153 Å². The Morgan fingerprint density at radius 1 is 1.19 bits per heavy atom. The highest BCUT2D eigenvalue weighted by molar-refractivity contribution is 7.89. The normalized spacial score (nSPS) is 11.8. The number of anilines is 1. The van der Waals surface area contributed by atoms with E-state index in [1.807, 2.05) is 0 Å². The molecule has 0 aliphatic rings. The molecule has 2 N–H and O–H groups in total. The third-order valence-electron chi connectivity index (χ3n) is 3.64. The zero-order valence-corrected chi connectivity index (χ0v) is 15.3. The summed E-state index contributed by atoms with van der Waals surface area (Å²) < 4.78 is 30.4. The molecule has 8 nitrogen and oxygen atoms in total. The van der Waals surface area contributed by atoms with Crippen LogP contribution < -0.4 is 11.1 Å². The fourth-order valence-electron chi connectivity index (χ4n) is 2.27. The van der Waals surface area contributed by atoms with Crippen molar-refractivity contribution in [3.63, 3.8) is 0 Å². The maximum absolute atomic E-state index is 12.5. The van der Waals surface area contributed by atoms with Crippen molar-refractivity contribution in [3.05, 3.63) is 57.5 Å². The SMILES string of the molecule is CN(C)S(=O)(=O)c1ccc(Cl)c(C(=O)Nc2ccc3[nH]c(=O)oc3c2)c1. The molecule has 0 radical (unpaired) electrons. The van der Waals surface area contributed by atoms with E-state index in [1.54, 1.807) is 12.1 Å². The zero-order valence-electron chi connectivity index (χ0n) is 13.7. The van der Waals surface area contributed by atoms with Crippen molar-refractivity contribution >= 4 is 44.3 Å². The molecule has 0 saturated carbocycles. The monoisotopic (exact) mass is 395 g/mol. The van der Waals surface area contributed by atoms with E-state index in [0.29, 0.717) is 11.2 Å². The number of nitrogens with zero attached hydrogens (tertiary/aromatic N) is 1. The molecular formula is C16H14ClN3O5S. The number of H-pyrrole nitrogens is 1. The van der Waals surface area contributed by atoms with E-state index in [-0.39, 0.29) is 21.1 Å². The van der Waals surface area contributed by atoms with E-state index in [9.17, 15) is 18.0 Å². The Bertz CT molecular complexity index is 1160. The van der Waals surface area contributed by atoms with Crippen molar-refractivity contribution < 1.29 is 17.6 Å². The summed E-state index contributed by atoms with van der Waals surface area (Å²) >= 11 is 6.05. The van der Waals surface area contributed by atoms with Crippen LogP contribution in [0, 0.1) is 0 Å². The molecule has 0 aliphatic heterocycles. The molecule has 136 valence electrons. The third-order valence-corrected chi connectivity index (χ3v) is 5.78. The lowest BCUT2D eigenvalue weighted by atomic mass is 10.2. The molecule has 0 unspecified atom stereocenters. The molecule has 0 atom stereocenters. The topological polar surface area (TPSA) is 112 Å². The minimum Gasteiger partial charge on any atom is -0.408 e. The summed E-state index contributed by atoms with van der Waals surface area (Å²) in [6.45, 7) is 0. The van der Waals surface area contributed by atoms with Crippen molar-refractivity contribution in [2.75, 3.05) is 19.4 Å².